The molecular formula is C18H19FN6O3S. The summed E-state index contributed by atoms with van der Waals surface area (Å²) in [5.41, 5.74) is 0.582. The molecule has 29 heavy (non-hydrogen) atoms. The number of imidazole rings is 1. The van der Waals surface area contributed by atoms with Crippen molar-refractivity contribution < 1.29 is 17.5 Å². The second kappa shape index (κ2) is 7.85. The van der Waals surface area contributed by atoms with Gasteiger partial charge in [-0.3, -0.25) is 0 Å². The molecule has 152 valence electrons. The van der Waals surface area contributed by atoms with Gasteiger partial charge in [0.1, 0.15) is 23.6 Å². The van der Waals surface area contributed by atoms with Crippen molar-refractivity contribution in [2.75, 3.05) is 25.0 Å². The minimum Gasteiger partial charge on any atom is -0.369 e. The van der Waals surface area contributed by atoms with Gasteiger partial charge < -0.3 is 14.6 Å². The lowest BCUT2D eigenvalue weighted by molar-refractivity contribution is -0.00492. The summed E-state index contributed by atoms with van der Waals surface area (Å²) in [6.45, 7) is 0.618. The van der Waals surface area contributed by atoms with E-state index in [0.717, 1.165) is 6.20 Å². The molecule has 1 N–H and O–H groups in total. The molecule has 0 aromatic carbocycles. The first kappa shape index (κ1) is 19.4. The van der Waals surface area contributed by atoms with Gasteiger partial charge >= 0.3 is 0 Å². The normalized spacial score (nSPS) is 17.9. The number of hydrogen-bond acceptors (Lipinski definition) is 7. The molecule has 0 saturated carbocycles. The molecule has 0 amide bonds. The Morgan fingerprint density at radius 1 is 1.21 bits per heavy atom. The van der Waals surface area contributed by atoms with Crippen LogP contribution in [-0.4, -0.2) is 51.9 Å². The van der Waals surface area contributed by atoms with Crippen molar-refractivity contribution in [3.05, 3.63) is 60.6 Å². The van der Waals surface area contributed by atoms with Crippen molar-refractivity contribution in [1.29, 1.82) is 0 Å². The summed E-state index contributed by atoms with van der Waals surface area (Å²) in [5, 5.41) is 3.00. The van der Waals surface area contributed by atoms with Gasteiger partial charge in [0.25, 0.3) is 10.0 Å². The quantitative estimate of drug-likeness (QED) is 0.675. The number of aromatic nitrogens is 4. The van der Waals surface area contributed by atoms with Crippen LogP contribution in [0.4, 0.5) is 16.0 Å². The van der Waals surface area contributed by atoms with E-state index < -0.39 is 21.9 Å². The van der Waals surface area contributed by atoms with Gasteiger partial charge in [-0.1, -0.05) is 6.07 Å². The molecule has 4 rings (SSSR count). The first-order chi connectivity index (χ1) is 13.9. The van der Waals surface area contributed by atoms with Crippen LogP contribution < -0.4 is 5.32 Å². The minimum atomic E-state index is -3.71. The lowest BCUT2D eigenvalue weighted by atomic mass is 10.2. The average molecular weight is 418 g/mol. The first-order valence-corrected chi connectivity index (χ1v) is 10.3. The van der Waals surface area contributed by atoms with Crippen molar-refractivity contribution in [2.24, 2.45) is 7.05 Å². The first-order valence-electron chi connectivity index (χ1n) is 8.87. The van der Waals surface area contributed by atoms with Gasteiger partial charge in [0.05, 0.1) is 24.8 Å². The highest BCUT2D eigenvalue weighted by Crippen LogP contribution is 2.26. The number of halogens is 1. The number of rotatable bonds is 5. The number of morpholine rings is 1. The molecule has 0 aliphatic carbocycles. The molecule has 1 atom stereocenters. The molecule has 1 aliphatic rings. The number of nitrogens with zero attached hydrogens (tertiary/aromatic N) is 5. The van der Waals surface area contributed by atoms with Crippen LogP contribution >= 0.6 is 0 Å². The number of hydrogen-bond donors (Lipinski definition) is 1. The summed E-state index contributed by atoms with van der Waals surface area (Å²) in [6.07, 6.45) is 3.50. The van der Waals surface area contributed by atoms with Crippen LogP contribution in [0.25, 0.3) is 0 Å². The summed E-state index contributed by atoms with van der Waals surface area (Å²) in [6, 6.07) is 8.08. The number of pyridine rings is 2. The maximum absolute atomic E-state index is 13.0. The largest absolute Gasteiger partial charge is 0.369 e. The van der Waals surface area contributed by atoms with Crippen LogP contribution in [0.2, 0.25) is 0 Å². The summed E-state index contributed by atoms with van der Waals surface area (Å²) in [4.78, 5) is 12.4. The third kappa shape index (κ3) is 4.26. The highest BCUT2D eigenvalue weighted by atomic mass is 32.2. The van der Waals surface area contributed by atoms with Gasteiger partial charge in [-0.15, -0.1) is 0 Å². The van der Waals surface area contributed by atoms with E-state index >= 15 is 0 Å². The third-order valence-corrected chi connectivity index (χ3v) is 6.15. The van der Waals surface area contributed by atoms with E-state index in [1.54, 1.807) is 29.8 Å². The topological polar surface area (TPSA) is 102 Å². The zero-order valence-electron chi connectivity index (χ0n) is 15.6. The molecule has 1 fully saturated rings. The van der Waals surface area contributed by atoms with E-state index in [1.807, 2.05) is 0 Å². The molecule has 0 spiro atoms. The average Bonchev–Trinajstić information content (AvgIpc) is 3.17. The Bertz CT molecular complexity index is 1100. The zero-order chi connectivity index (χ0) is 20.4. The highest BCUT2D eigenvalue weighted by molar-refractivity contribution is 7.89. The molecule has 3 aromatic heterocycles. The van der Waals surface area contributed by atoms with Crippen LogP contribution in [0, 0.1) is 5.82 Å². The summed E-state index contributed by atoms with van der Waals surface area (Å²) in [5.74, 6) is 0.511. The smallest absolute Gasteiger partial charge is 0.262 e. The van der Waals surface area contributed by atoms with E-state index in [0.29, 0.717) is 17.3 Å². The van der Waals surface area contributed by atoms with Gasteiger partial charge in [0.15, 0.2) is 5.03 Å². The molecule has 1 saturated heterocycles. The zero-order valence-corrected chi connectivity index (χ0v) is 16.4. The fourth-order valence-electron chi connectivity index (χ4n) is 2.96. The Labute approximate surface area is 167 Å². The Balaban J connectivity index is 1.52. The van der Waals surface area contributed by atoms with Crippen molar-refractivity contribution in [3.63, 3.8) is 0 Å². The van der Waals surface area contributed by atoms with Crippen molar-refractivity contribution in [1.82, 2.24) is 23.8 Å². The van der Waals surface area contributed by atoms with Crippen molar-refractivity contribution in [2.45, 2.75) is 11.1 Å². The Kier molecular flexibility index (Phi) is 5.26. The third-order valence-electron chi connectivity index (χ3n) is 4.40. The Hall–Kier alpha value is -2.89. The van der Waals surface area contributed by atoms with E-state index in [4.69, 9.17) is 4.74 Å². The maximum Gasteiger partial charge on any atom is 0.262 e. The number of ether oxygens (including phenoxy) is 1. The molecule has 0 bridgehead atoms. The Morgan fingerprint density at radius 3 is 2.79 bits per heavy atom. The highest BCUT2D eigenvalue weighted by Gasteiger charge is 2.33. The van der Waals surface area contributed by atoms with Crippen LogP contribution in [0.5, 0.6) is 0 Å². The van der Waals surface area contributed by atoms with Crippen molar-refractivity contribution >= 4 is 21.7 Å². The SMILES string of the molecule is Cn1cnc(S(=O)(=O)N2CCO[C@H](c3cccc(Nc4ccc(F)cn4)n3)C2)c1. The van der Waals surface area contributed by atoms with E-state index in [-0.39, 0.29) is 24.7 Å². The van der Waals surface area contributed by atoms with Crippen LogP contribution in [-0.2, 0) is 21.8 Å². The van der Waals surface area contributed by atoms with Gasteiger partial charge in [-0.05, 0) is 24.3 Å². The lowest BCUT2D eigenvalue weighted by Crippen LogP contribution is -2.42. The second-order valence-electron chi connectivity index (χ2n) is 6.53. The van der Waals surface area contributed by atoms with Gasteiger partial charge in [-0.2, -0.15) is 4.31 Å². The fraction of sp³-hybridized carbons (Fsp3) is 0.278. The molecule has 9 nitrogen and oxygen atoms in total. The van der Waals surface area contributed by atoms with Crippen LogP contribution in [0.3, 0.4) is 0 Å². The molecule has 1 aliphatic heterocycles. The van der Waals surface area contributed by atoms with E-state index in [9.17, 15) is 12.8 Å². The standard InChI is InChI=1S/C18H19FN6O3S/c1-24-11-18(21-12-24)29(26,27)25-7-8-28-15(10-25)14-3-2-4-17(22-14)23-16-6-5-13(19)9-20-16/h2-6,9,11-12,15H,7-8,10H2,1H3,(H,20,22,23)/t15-/m0/s1. The van der Waals surface area contributed by atoms with E-state index in [2.05, 4.69) is 20.3 Å². The van der Waals surface area contributed by atoms with Gasteiger partial charge in [0.2, 0.25) is 0 Å². The number of sulfonamides is 1. The molecule has 3 aromatic rings. The summed E-state index contributed by atoms with van der Waals surface area (Å²) in [7, 11) is -2.00. The van der Waals surface area contributed by atoms with Crippen LogP contribution in [0.15, 0.2) is 54.1 Å². The van der Waals surface area contributed by atoms with Gasteiger partial charge in [0, 0.05) is 26.3 Å². The number of nitrogens with one attached hydrogen (secondary N) is 1. The Morgan fingerprint density at radius 2 is 2.07 bits per heavy atom. The maximum atomic E-state index is 13.0. The fourth-order valence-corrected chi connectivity index (χ4v) is 4.35. The summed E-state index contributed by atoms with van der Waals surface area (Å²) < 4.78 is 47.4. The predicted octanol–water partition coefficient (Wildman–Crippen LogP) is 1.85. The molecule has 11 heteroatoms. The van der Waals surface area contributed by atoms with E-state index in [1.165, 1.54) is 29.0 Å². The number of aryl methyl sites for hydroxylation is 1. The van der Waals surface area contributed by atoms with Gasteiger partial charge in [-0.25, -0.2) is 27.8 Å². The monoisotopic (exact) mass is 418 g/mol. The summed E-state index contributed by atoms with van der Waals surface area (Å²) >= 11 is 0. The lowest BCUT2D eigenvalue weighted by Gasteiger charge is -2.31. The van der Waals surface area contributed by atoms with Crippen molar-refractivity contribution in [3.8, 4) is 0 Å². The predicted molar refractivity (Wildman–Crippen MR) is 102 cm³/mol. The molecule has 4 heterocycles. The molecule has 0 unspecified atom stereocenters. The molecular weight excluding hydrogens is 399 g/mol. The molecule has 0 radical (unpaired) electrons. The number of anilines is 2. The minimum absolute atomic E-state index is 0.00594. The second-order valence-corrected chi connectivity index (χ2v) is 8.42. The van der Waals surface area contributed by atoms with Crippen LogP contribution in [0.1, 0.15) is 11.8 Å².